The van der Waals surface area contributed by atoms with Crippen molar-refractivity contribution in [2.45, 2.75) is 40.3 Å². The number of rotatable bonds is 4. The molecule has 0 bridgehead atoms. The molecule has 0 spiro atoms. The van der Waals surface area contributed by atoms with Crippen molar-refractivity contribution in [2.75, 3.05) is 0 Å². The molecule has 1 N–H and O–H groups in total. The van der Waals surface area contributed by atoms with Gasteiger partial charge in [0.05, 0.1) is 16.9 Å². The summed E-state index contributed by atoms with van der Waals surface area (Å²) in [5.74, 6) is 0. The lowest BCUT2D eigenvalue weighted by atomic mass is 10.1. The Bertz CT molecular complexity index is 541. The third-order valence-corrected chi connectivity index (χ3v) is 4.35. The summed E-state index contributed by atoms with van der Waals surface area (Å²) in [6.07, 6.45) is 0. The third-order valence-electron chi connectivity index (χ3n) is 3.41. The second-order valence-electron chi connectivity index (χ2n) is 4.67. The van der Waals surface area contributed by atoms with Gasteiger partial charge in [0.2, 0.25) is 0 Å². The van der Waals surface area contributed by atoms with Gasteiger partial charge in [-0.05, 0) is 27.7 Å². The number of hydrogen-bond acceptors (Lipinski definition) is 4. The quantitative estimate of drug-likeness (QED) is 0.923. The molecule has 0 fully saturated rings. The van der Waals surface area contributed by atoms with E-state index in [9.17, 15) is 0 Å². The fourth-order valence-corrected chi connectivity index (χ4v) is 2.99. The first kappa shape index (κ1) is 13.2. The lowest BCUT2D eigenvalue weighted by Gasteiger charge is -2.14. The van der Waals surface area contributed by atoms with Crippen molar-refractivity contribution >= 4 is 11.3 Å². The summed E-state index contributed by atoms with van der Waals surface area (Å²) in [5.41, 5.74) is 6.67. The number of nitrogens with one attached hydrogen (secondary N) is 1. The Morgan fingerprint density at radius 1 is 1.33 bits per heavy atom. The Hall–Kier alpha value is -1.20. The van der Waals surface area contributed by atoms with Crippen molar-refractivity contribution in [3.8, 4) is 0 Å². The van der Waals surface area contributed by atoms with Crippen LogP contribution >= 0.6 is 11.3 Å². The Morgan fingerprint density at radius 3 is 2.56 bits per heavy atom. The van der Waals surface area contributed by atoms with Crippen LogP contribution < -0.4 is 5.32 Å². The summed E-state index contributed by atoms with van der Waals surface area (Å²) < 4.78 is 1.95. The highest BCUT2D eigenvalue weighted by atomic mass is 32.1. The summed E-state index contributed by atoms with van der Waals surface area (Å²) in [4.78, 5) is 5.58. The van der Waals surface area contributed by atoms with E-state index in [0.29, 0.717) is 6.04 Å². The molecule has 2 rings (SSSR count). The van der Waals surface area contributed by atoms with E-state index in [0.717, 1.165) is 17.9 Å². The van der Waals surface area contributed by atoms with Crippen LogP contribution in [0.4, 0.5) is 0 Å². The zero-order valence-corrected chi connectivity index (χ0v) is 12.4. The Balaban J connectivity index is 2.08. The van der Waals surface area contributed by atoms with Crippen LogP contribution in [0.5, 0.6) is 0 Å². The number of aryl methyl sites for hydroxylation is 3. The zero-order chi connectivity index (χ0) is 13.3. The molecule has 0 radical (unpaired) electrons. The van der Waals surface area contributed by atoms with Crippen LogP contribution in [-0.2, 0) is 13.6 Å². The van der Waals surface area contributed by atoms with Gasteiger partial charge in [-0.2, -0.15) is 5.10 Å². The van der Waals surface area contributed by atoms with Crippen molar-refractivity contribution in [1.82, 2.24) is 20.1 Å². The number of aromatic nitrogens is 3. The highest BCUT2D eigenvalue weighted by Gasteiger charge is 2.16. The van der Waals surface area contributed by atoms with Crippen molar-refractivity contribution in [2.24, 2.45) is 7.05 Å². The molecular formula is C13H20N4S. The largest absolute Gasteiger partial charge is 0.305 e. The van der Waals surface area contributed by atoms with Gasteiger partial charge in [-0.3, -0.25) is 4.68 Å². The number of nitrogens with zero attached hydrogens (tertiary/aromatic N) is 3. The molecule has 0 aliphatic carbocycles. The molecule has 0 saturated heterocycles. The Labute approximate surface area is 112 Å². The van der Waals surface area contributed by atoms with Crippen LogP contribution in [0.3, 0.4) is 0 Å². The minimum absolute atomic E-state index is 0.306. The molecule has 1 unspecified atom stereocenters. The molecule has 0 aromatic carbocycles. The smallest absolute Gasteiger partial charge is 0.0798 e. The molecule has 4 nitrogen and oxygen atoms in total. The molecule has 0 aliphatic rings. The molecule has 1 atom stereocenters. The fraction of sp³-hybridized carbons (Fsp3) is 0.538. The Kier molecular flexibility index (Phi) is 3.82. The van der Waals surface area contributed by atoms with E-state index in [-0.39, 0.29) is 0 Å². The summed E-state index contributed by atoms with van der Waals surface area (Å²) in [6, 6.07) is 0.306. The molecule has 2 aromatic heterocycles. The van der Waals surface area contributed by atoms with Crippen LogP contribution in [0.15, 0.2) is 5.51 Å². The number of hydrogen-bond donors (Lipinski definition) is 1. The monoisotopic (exact) mass is 264 g/mol. The molecule has 18 heavy (non-hydrogen) atoms. The van der Waals surface area contributed by atoms with Crippen molar-refractivity contribution in [1.29, 1.82) is 0 Å². The highest BCUT2D eigenvalue weighted by molar-refractivity contribution is 7.09. The maximum Gasteiger partial charge on any atom is 0.0798 e. The van der Waals surface area contributed by atoms with Gasteiger partial charge in [-0.25, -0.2) is 4.98 Å². The van der Waals surface area contributed by atoms with E-state index >= 15 is 0 Å². The van der Waals surface area contributed by atoms with Crippen LogP contribution in [0.25, 0.3) is 0 Å². The van der Waals surface area contributed by atoms with E-state index in [4.69, 9.17) is 0 Å². The summed E-state index contributed by atoms with van der Waals surface area (Å²) in [5, 5.41) is 8.02. The standard InChI is InChI=1S/C13H20N4S/c1-8-12(18-7-15-8)6-14-9(2)13-10(3)16-17(5)11(13)4/h7,9,14H,6H2,1-5H3. The van der Waals surface area contributed by atoms with E-state index < -0.39 is 0 Å². The lowest BCUT2D eigenvalue weighted by molar-refractivity contribution is 0.571. The highest BCUT2D eigenvalue weighted by Crippen LogP contribution is 2.21. The first-order valence-electron chi connectivity index (χ1n) is 6.13. The molecule has 98 valence electrons. The molecule has 2 aromatic rings. The average Bonchev–Trinajstić information content (AvgIpc) is 2.81. The maximum atomic E-state index is 4.46. The van der Waals surface area contributed by atoms with Crippen LogP contribution in [0.1, 0.15) is 40.5 Å². The minimum atomic E-state index is 0.306. The molecule has 5 heteroatoms. The van der Waals surface area contributed by atoms with Gasteiger partial charge in [-0.1, -0.05) is 0 Å². The van der Waals surface area contributed by atoms with Crippen LogP contribution in [0.2, 0.25) is 0 Å². The first-order chi connectivity index (χ1) is 8.50. The normalized spacial score (nSPS) is 12.9. The summed E-state index contributed by atoms with van der Waals surface area (Å²) in [6.45, 7) is 9.29. The topological polar surface area (TPSA) is 42.7 Å². The maximum absolute atomic E-state index is 4.46. The predicted molar refractivity (Wildman–Crippen MR) is 74.8 cm³/mol. The lowest BCUT2D eigenvalue weighted by Crippen LogP contribution is -2.19. The van der Waals surface area contributed by atoms with Gasteiger partial charge in [-0.15, -0.1) is 11.3 Å². The Morgan fingerprint density at radius 2 is 2.06 bits per heavy atom. The van der Waals surface area contributed by atoms with Gasteiger partial charge in [0, 0.05) is 35.8 Å². The summed E-state index contributed by atoms with van der Waals surface area (Å²) >= 11 is 1.71. The SMILES string of the molecule is Cc1ncsc1CNC(C)c1c(C)nn(C)c1C. The van der Waals surface area contributed by atoms with Gasteiger partial charge >= 0.3 is 0 Å². The van der Waals surface area contributed by atoms with Gasteiger partial charge in [0.25, 0.3) is 0 Å². The number of thiazole rings is 1. The molecule has 0 saturated carbocycles. The van der Waals surface area contributed by atoms with Crippen molar-refractivity contribution in [3.05, 3.63) is 33.0 Å². The second-order valence-corrected chi connectivity index (χ2v) is 5.61. The molecule has 0 aliphatic heterocycles. The molecule has 0 amide bonds. The van der Waals surface area contributed by atoms with Gasteiger partial charge < -0.3 is 5.32 Å². The van der Waals surface area contributed by atoms with Crippen LogP contribution in [0, 0.1) is 20.8 Å². The fourth-order valence-electron chi connectivity index (χ4n) is 2.26. The second kappa shape index (κ2) is 5.20. The minimum Gasteiger partial charge on any atom is -0.305 e. The van der Waals surface area contributed by atoms with Crippen molar-refractivity contribution < 1.29 is 0 Å². The zero-order valence-electron chi connectivity index (χ0n) is 11.6. The van der Waals surface area contributed by atoms with Gasteiger partial charge in [0.1, 0.15) is 0 Å². The van der Waals surface area contributed by atoms with E-state index in [1.165, 1.54) is 16.1 Å². The van der Waals surface area contributed by atoms with E-state index in [1.54, 1.807) is 11.3 Å². The summed E-state index contributed by atoms with van der Waals surface area (Å²) in [7, 11) is 1.99. The molecule has 2 heterocycles. The van der Waals surface area contributed by atoms with Gasteiger partial charge in [0.15, 0.2) is 0 Å². The average molecular weight is 264 g/mol. The van der Waals surface area contributed by atoms with Crippen LogP contribution in [-0.4, -0.2) is 14.8 Å². The first-order valence-corrected chi connectivity index (χ1v) is 7.01. The molecular weight excluding hydrogens is 244 g/mol. The predicted octanol–water partition coefficient (Wildman–Crippen LogP) is 2.65. The third kappa shape index (κ3) is 2.47. The van der Waals surface area contributed by atoms with E-state index in [2.05, 4.69) is 43.1 Å². The van der Waals surface area contributed by atoms with Crippen molar-refractivity contribution in [3.63, 3.8) is 0 Å². The van der Waals surface area contributed by atoms with E-state index in [1.807, 2.05) is 17.2 Å².